The van der Waals surface area contributed by atoms with Gasteiger partial charge >= 0.3 is 317 Å². The smallest absolute Gasteiger partial charge is 0.147 e. The van der Waals surface area contributed by atoms with Gasteiger partial charge < -0.3 is 0 Å². The first kappa shape index (κ1) is 54.6. The van der Waals surface area contributed by atoms with Crippen LogP contribution in [0.4, 0.5) is 0 Å². The maximum absolute atomic E-state index is 6.59. The van der Waals surface area contributed by atoms with Gasteiger partial charge in [-0.05, 0) is 0 Å². The van der Waals surface area contributed by atoms with E-state index >= 15 is 0 Å². The maximum atomic E-state index is 6.59. The van der Waals surface area contributed by atoms with Crippen LogP contribution in [0.5, 0.6) is 0 Å². The van der Waals surface area contributed by atoms with E-state index in [1.54, 1.807) is 17.7 Å². The molecule has 0 unspecified atom stereocenters. The van der Waals surface area contributed by atoms with Gasteiger partial charge in [-0.25, -0.2) is 0 Å². The second-order valence-electron chi connectivity index (χ2n) is 12.6. The quantitative estimate of drug-likeness (QED) is 0.0382. The molecule has 0 nitrogen and oxygen atoms in total. The summed E-state index contributed by atoms with van der Waals surface area (Å²) in [4.78, 5) is -0.132. The summed E-state index contributed by atoms with van der Waals surface area (Å²) in [6, 6.07) is 0. The molecule has 44 heavy (non-hydrogen) atoms. The van der Waals surface area contributed by atoms with Crippen molar-refractivity contribution in [2.75, 3.05) is 0 Å². The molecule has 0 bridgehead atoms. The molecular formula is C36H78Cl5Sn3. The van der Waals surface area contributed by atoms with Crippen LogP contribution in [0.1, 0.15) is 183 Å². The zero-order valence-corrected chi connectivity index (χ0v) is 42.9. The molecule has 0 aromatic rings. The molecule has 0 saturated heterocycles. The third-order valence-electron chi connectivity index (χ3n) is 7.93. The molecule has 0 saturated carbocycles. The van der Waals surface area contributed by atoms with E-state index < -0.39 is 35.9 Å². The van der Waals surface area contributed by atoms with E-state index in [2.05, 4.69) is 41.5 Å². The van der Waals surface area contributed by atoms with Gasteiger partial charge in [0.25, 0.3) is 0 Å². The van der Waals surface area contributed by atoms with Crippen LogP contribution in [-0.2, 0) is 0 Å². The molecule has 8 heteroatoms. The number of hydrogen-bond donors (Lipinski definition) is 0. The van der Waals surface area contributed by atoms with Crippen molar-refractivity contribution in [3.05, 3.63) is 0 Å². The molecule has 0 aliphatic heterocycles. The molecule has 0 fully saturated rings. The van der Waals surface area contributed by atoms with E-state index in [-0.39, 0.29) is 38.4 Å². The Balaban J connectivity index is -0.000000286. The first-order chi connectivity index (χ1) is 20.7. The predicted octanol–water partition coefficient (Wildman–Crippen LogP) is 16.8. The fourth-order valence-corrected chi connectivity index (χ4v) is 27.1. The van der Waals surface area contributed by atoms with Crippen molar-refractivity contribution in [2.45, 2.75) is 219 Å². The van der Waals surface area contributed by atoms with Gasteiger partial charge in [0.1, 0.15) is 0 Å². The van der Waals surface area contributed by atoms with Crippen LogP contribution >= 0.6 is 53.5 Å². The standard InChI is InChI=1S/2C8H17.C4H7Cl2.4C4H9.3ClH.3Sn/c2*1-3-5-7-8-6-4-2;1-2-3-4(5)6;4*1-3-4-2;;;;;;/h2*1,3-8H2,2H3;4H,1-3H2;4*1,3-4H2,2H3;3*1H;;;/q;;;;;;;;;;;;+2/p-2. The van der Waals surface area contributed by atoms with Crippen LogP contribution < -0.4 is 0 Å². The van der Waals surface area contributed by atoms with Crippen molar-refractivity contribution < 1.29 is 0 Å². The molecule has 0 aliphatic rings. The molecule has 0 spiro atoms. The van der Waals surface area contributed by atoms with Crippen LogP contribution in [0.15, 0.2) is 0 Å². The van der Waals surface area contributed by atoms with Crippen LogP contribution in [0.25, 0.3) is 0 Å². The summed E-state index contributed by atoms with van der Waals surface area (Å²) >= 11 is 8.02. The van der Waals surface area contributed by atoms with Crippen molar-refractivity contribution >= 4 is 110 Å². The van der Waals surface area contributed by atoms with Gasteiger partial charge in [0.2, 0.25) is 0 Å². The number of halogens is 5. The molecule has 0 aliphatic carbocycles. The molecule has 0 rings (SSSR count). The third kappa shape index (κ3) is 52.7. The fourth-order valence-electron chi connectivity index (χ4n) is 4.92. The first-order valence-corrected chi connectivity index (χ1v) is 41.2. The van der Waals surface area contributed by atoms with Gasteiger partial charge in [0.05, 0.1) is 0 Å². The normalized spacial score (nSPS) is 11.2. The van der Waals surface area contributed by atoms with E-state index in [0.717, 1.165) is 6.42 Å². The van der Waals surface area contributed by atoms with E-state index in [1.807, 2.05) is 0 Å². The fraction of sp³-hybridized carbons (Fsp3) is 1.00. The Morgan fingerprint density at radius 1 is 0.477 bits per heavy atom. The summed E-state index contributed by atoms with van der Waals surface area (Å²) < 4.78 is 10.3. The number of hydrogen-bond acceptors (Lipinski definition) is 0. The number of rotatable bonds is 30. The average molecular weight is 1040 g/mol. The van der Waals surface area contributed by atoms with Gasteiger partial charge in [-0.15, -0.1) is 12.4 Å². The van der Waals surface area contributed by atoms with Gasteiger partial charge in [0.15, 0.2) is 0 Å². The maximum Gasteiger partial charge on any atom is -0.147 e. The molecule has 269 valence electrons. The molecule has 0 atom stereocenters. The van der Waals surface area contributed by atoms with Crippen molar-refractivity contribution in [2.24, 2.45) is 0 Å². The first-order valence-electron chi connectivity index (χ1n) is 18.9. The zero-order valence-electron chi connectivity index (χ0n) is 30.5. The summed E-state index contributed by atoms with van der Waals surface area (Å²) in [7, 11) is 13.2. The Hall–Kier alpha value is 3.85. The number of unbranched alkanes of at least 4 members (excludes halogenated alkanes) is 14. The minimum Gasteiger partial charge on any atom is -0.147 e. The van der Waals surface area contributed by atoms with Gasteiger partial charge in [0, 0.05) is 0 Å². The van der Waals surface area contributed by atoms with Crippen LogP contribution in [0, 0.1) is 0 Å². The monoisotopic (exact) mass is 1050 g/mol. The predicted molar refractivity (Wildman–Crippen MR) is 221 cm³/mol. The Kier molecular flexibility index (Phi) is 58.2. The average Bonchev–Trinajstić information content (AvgIpc) is 2.98. The van der Waals surface area contributed by atoms with Gasteiger partial charge in [-0.1, -0.05) is 0 Å². The third-order valence-corrected chi connectivity index (χ3v) is 32.7. The van der Waals surface area contributed by atoms with E-state index in [4.69, 9.17) is 41.0 Å². The van der Waals surface area contributed by atoms with Crippen LogP contribution in [0.3, 0.4) is 0 Å². The summed E-state index contributed by atoms with van der Waals surface area (Å²) in [5, 5.41) is 0. The molecule has 0 amide bonds. The summed E-state index contributed by atoms with van der Waals surface area (Å²) in [5.41, 5.74) is 0. The van der Waals surface area contributed by atoms with Crippen LogP contribution in [-0.4, -0.2) is 61.9 Å². The topological polar surface area (TPSA) is 0 Å². The molecule has 0 aromatic heterocycles. The molecule has 0 heterocycles. The van der Waals surface area contributed by atoms with Gasteiger partial charge in [-0.2, -0.15) is 0 Å². The summed E-state index contributed by atoms with van der Waals surface area (Å²) in [6.45, 7) is 13.7. The van der Waals surface area contributed by atoms with E-state index in [9.17, 15) is 0 Å². The Labute approximate surface area is 325 Å². The number of alkyl halides is 2. The van der Waals surface area contributed by atoms with Crippen molar-refractivity contribution in [3.63, 3.8) is 0 Å². The SMILES string of the molecule is CCCCCCC[CH2][Sn]([Cl])([Cl])[CH2]CCCCCCC.CCC[CH2][Sn]([CH2]CCC)[CH2]CCC(Cl)Cl.CCC[CH2][Sn][CH2]CCC.Cl. The molecule has 3 radical (unpaired) electrons. The van der Waals surface area contributed by atoms with Crippen molar-refractivity contribution in [1.29, 1.82) is 0 Å². The molecular weight excluding hydrogens is 966 g/mol. The van der Waals surface area contributed by atoms with Crippen molar-refractivity contribution in [3.8, 4) is 0 Å². The summed E-state index contributed by atoms with van der Waals surface area (Å²) in [5.74, 6) is 0. The molecule has 0 aromatic carbocycles. The molecule has 0 N–H and O–H groups in total. The van der Waals surface area contributed by atoms with Crippen LogP contribution in [0.2, 0.25) is 31.1 Å². The van der Waals surface area contributed by atoms with E-state index in [1.165, 1.54) is 148 Å². The minimum absolute atomic E-state index is 0. The van der Waals surface area contributed by atoms with Crippen molar-refractivity contribution in [1.82, 2.24) is 0 Å². The minimum atomic E-state index is -2.63. The Morgan fingerprint density at radius 2 is 0.818 bits per heavy atom. The van der Waals surface area contributed by atoms with Gasteiger partial charge in [-0.3, -0.25) is 0 Å². The second kappa shape index (κ2) is 46.8. The van der Waals surface area contributed by atoms with E-state index in [0.29, 0.717) is 0 Å². The Morgan fingerprint density at radius 3 is 1.18 bits per heavy atom. The zero-order chi connectivity index (χ0) is 32.9. The second-order valence-corrected chi connectivity index (χ2v) is 45.5. The largest absolute Gasteiger partial charge is 0.147 e. The summed E-state index contributed by atoms with van der Waals surface area (Å²) in [6.07, 6.45) is 30.0. The Bertz CT molecular complexity index is 453.